The molecule has 0 fully saturated rings. The first-order valence-electron chi connectivity index (χ1n) is 6.46. The van der Waals surface area contributed by atoms with Crippen molar-refractivity contribution < 1.29 is 19.4 Å². The summed E-state index contributed by atoms with van der Waals surface area (Å²) in [6.45, 7) is 1.44. The number of anilines is 1. The fourth-order valence-corrected chi connectivity index (χ4v) is 2.12. The molecular weight excluding hydrogens is 350 g/mol. The number of aromatic carboxylic acids is 1. The van der Waals surface area contributed by atoms with Gasteiger partial charge in [0.15, 0.2) is 6.61 Å². The molecule has 0 heterocycles. The van der Waals surface area contributed by atoms with Crippen molar-refractivity contribution >= 4 is 33.5 Å². The summed E-state index contributed by atoms with van der Waals surface area (Å²) in [4.78, 5) is 22.8. The first-order valence-corrected chi connectivity index (χ1v) is 7.26. The van der Waals surface area contributed by atoms with Gasteiger partial charge in [-0.1, -0.05) is 28.1 Å². The number of carboxylic acids is 1. The predicted molar refractivity (Wildman–Crippen MR) is 83.8 cm³/mol. The molecule has 0 aliphatic carbocycles. The van der Waals surface area contributed by atoms with Gasteiger partial charge in [0.25, 0.3) is 5.91 Å². The van der Waals surface area contributed by atoms with Crippen LogP contribution >= 0.6 is 15.9 Å². The molecule has 22 heavy (non-hydrogen) atoms. The Morgan fingerprint density at radius 2 is 1.86 bits per heavy atom. The summed E-state index contributed by atoms with van der Waals surface area (Å²) in [6, 6.07) is 11.7. The van der Waals surface area contributed by atoms with E-state index in [-0.39, 0.29) is 18.1 Å². The molecule has 0 saturated carbocycles. The maximum Gasteiger partial charge on any atom is 0.262 e. The van der Waals surface area contributed by atoms with Crippen LogP contribution < -0.4 is 15.2 Å². The quantitative estimate of drug-likeness (QED) is 0.883. The number of hydrogen-bond donors (Lipinski definition) is 1. The van der Waals surface area contributed by atoms with Crippen molar-refractivity contribution in [2.24, 2.45) is 0 Å². The van der Waals surface area contributed by atoms with Gasteiger partial charge >= 0.3 is 0 Å². The topological polar surface area (TPSA) is 78.5 Å². The van der Waals surface area contributed by atoms with Crippen LogP contribution in [0.2, 0.25) is 0 Å². The van der Waals surface area contributed by atoms with Crippen molar-refractivity contribution in [2.45, 2.75) is 6.92 Å². The first-order chi connectivity index (χ1) is 10.5. The molecule has 1 amide bonds. The van der Waals surface area contributed by atoms with Crippen molar-refractivity contribution in [2.75, 3.05) is 11.9 Å². The zero-order valence-corrected chi connectivity index (χ0v) is 13.3. The third-order valence-electron chi connectivity index (χ3n) is 3.01. The molecule has 114 valence electrons. The molecule has 2 aromatic rings. The molecule has 2 rings (SSSR count). The Bertz CT molecular complexity index is 698. The summed E-state index contributed by atoms with van der Waals surface area (Å²) in [5.41, 5.74) is 0.914. The molecule has 6 heteroatoms. The zero-order chi connectivity index (χ0) is 16.1. The van der Waals surface area contributed by atoms with Crippen molar-refractivity contribution in [3.05, 3.63) is 58.1 Å². The molecule has 5 nitrogen and oxygen atoms in total. The lowest BCUT2D eigenvalue weighted by atomic mass is 10.1. The van der Waals surface area contributed by atoms with E-state index in [0.29, 0.717) is 17.0 Å². The normalized spacial score (nSPS) is 10.1. The third kappa shape index (κ3) is 4.08. The van der Waals surface area contributed by atoms with Crippen LogP contribution in [0.25, 0.3) is 0 Å². The largest absolute Gasteiger partial charge is 0.545 e. The Kier molecular flexibility index (Phi) is 5.16. The van der Waals surface area contributed by atoms with Gasteiger partial charge in [-0.3, -0.25) is 4.79 Å². The number of carbonyl (C=O) groups excluding carboxylic acids is 2. The van der Waals surface area contributed by atoms with E-state index in [1.54, 1.807) is 43.3 Å². The van der Waals surface area contributed by atoms with Crippen LogP contribution in [0.1, 0.15) is 15.9 Å². The lowest BCUT2D eigenvalue weighted by molar-refractivity contribution is -0.255. The molecule has 0 spiro atoms. The van der Waals surface area contributed by atoms with Crippen LogP contribution in [-0.2, 0) is 4.79 Å². The second-order valence-electron chi connectivity index (χ2n) is 4.56. The minimum absolute atomic E-state index is 0.0478. The van der Waals surface area contributed by atoms with Crippen LogP contribution in [0, 0.1) is 6.92 Å². The number of hydrogen-bond acceptors (Lipinski definition) is 4. The first kappa shape index (κ1) is 16.0. The fraction of sp³-hybridized carbons (Fsp3) is 0.125. The molecule has 0 aliphatic heterocycles. The number of halogens is 1. The Morgan fingerprint density at radius 1 is 1.18 bits per heavy atom. The standard InChI is InChI=1S/C16H14BrNO4/c1-10-13(16(20)21)3-2-4-14(10)18-15(19)9-22-12-7-5-11(17)6-8-12/h2-8H,9H2,1H3,(H,18,19)(H,20,21)/p-1. The van der Waals surface area contributed by atoms with E-state index in [4.69, 9.17) is 4.74 Å². The maximum absolute atomic E-state index is 11.9. The van der Waals surface area contributed by atoms with Gasteiger partial charge in [-0.05, 0) is 42.8 Å². The summed E-state index contributed by atoms with van der Waals surface area (Å²) in [5.74, 6) is -1.08. The van der Waals surface area contributed by atoms with Crippen molar-refractivity contribution in [3.8, 4) is 5.75 Å². The SMILES string of the molecule is Cc1c(NC(=O)COc2ccc(Br)cc2)cccc1C(=O)[O-]. The predicted octanol–water partition coefficient (Wildman–Crippen LogP) is 2.14. The Balaban J connectivity index is 1.99. The van der Waals surface area contributed by atoms with Gasteiger partial charge in [0.1, 0.15) is 5.75 Å². The Morgan fingerprint density at radius 3 is 2.50 bits per heavy atom. The van der Waals surface area contributed by atoms with Crippen LogP contribution in [-0.4, -0.2) is 18.5 Å². The van der Waals surface area contributed by atoms with E-state index in [0.717, 1.165) is 4.47 Å². The second kappa shape index (κ2) is 7.09. The van der Waals surface area contributed by atoms with E-state index in [1.165, 1.54) is 6.07 Å². The highest BCUT2D eigenvalue weighted by Crippen LogP contribution is 2.19. The van der Waals surface area contributed by atoms with Crippen LogP contribution in [0.3, 0.4) is 0 Å². The highest BCUT2D eigenvalue weighted by atomic mass is 79.9. The summed E-state index contributed by atoms with van der Waals surface area (Å²) in [7, 11) is 0. The molecule has 0 radical (unpaired) electrons. The van der Waals surface area contributed by atoms with E-state index in [1.807, 2.05) is 0 Å². The highest BCUT2D eigenvalue weighted by Gasteiger charge is 2.09. The monoisotopic (exact) mass is 362 g/mol. The van der Waals surface area contributed by atoms with Gasteiger partial charge in [0, 0.05) is 15.7 Å². The van der Waals surface area contributed by atoms with Crippen molar-refractivity contribution in [3.63, 3.8) is 0 Å². The van der Waals surface area contributed by atoms with E-state index in [2.05, 4.69) is 21.2 Å². The average Bonchev–Trinajstić information content (AvgIpc) is 2.48. The number of nitrogens with one attached hydrogen (secondary N) is 1. The molecule has 0 atom stereocenters. The molecule has 0 aromatic heterocycles. The lowest BCUT2D eigenvalue weighted by Crippen LogP contribution is -2.25. The summed E-state index contributed by atoms with van der Waals surface area (Å²) in [5, 5.41) is 13.6. The molecule has 0 bridgehead atoms. The smallest absolute Gasteiger partial charge is 0.262 e. The zero-order valence-electron chi connectivity index (χ0n) is 11.8. The average molecular weight is 363 g/mol. The van der Waals surface area contributed by atoms with Gasteiger partial charge in [-0.25, -0.2) is 0 Å². The second-order valence-corrected chi connectivity index (χ2v) is 5.47. The van der Waals surface area contributed by atoms with Gasteiger partial charge in [0.2, 0.25) is 0 Å². The molecule has 0 aliphatic rings. The molecule has 0 saturated heterocycles. The number of benzene rings is 2. The third-order valence-corrected chi connectivity index (χ3v) is 3.54. The number of ether oxygens (including phenoxy) is 1. The molecule has 0 unspecified atom stereocenters. The minimum Gasteiger partial charge on any atom is -0.545 e. The molecule has 2 aromatic carbocycles. The van der Waals surface area contributed by atoms with Gasteiger partial charge in [-0.2, -0.15) is 0 Å². The summed E-state index contributed by atoms with van der Waals surface area (Å²) >= 11 is 3.31. The van der Waals surface area contributed by atoms with Crippen molar-refractivity contribution in [1.29, 1.82) is 0 Å². The van der Waals surface area contributed by atoms with Gasteiger partial charge < -0.3 is 20.0 Å². The van der Waals surface area contributed by atoms with E-state index < -0.39 is 5.97 Å². The van der Waals surface area contributed by atoms with Gasteiger partial charge in [-0.15, -0.1) is 0 Å². The number of rotatable bonds is 5. The van der Waals surface area contributed by atoms with Gasteiger partial charge in [0.05, 0.1) is 5.97 Å². The summed E-state index contributed by atoms with van der Waals surface area (Å²) in [6.07, 6.45) is 0. The van der Waals surface area contributed by atoms with Crippen molar-refractivity contribution in [1.82, 2.24) is 0 Å². The Hall–Kier alpha value is -2.34. The maximum atomic E-state index is 11.9. The number of carbonyl (C=O) groups is 2. The lowest BCUT2D eigenvalue weighted by Gasteiger charge is -2.13. The van der Waals surface area contributed by atoms with E-state index >= 15 is 0 Å². The van der Waals surface area contributed by atoms with Crippen LogP contribution in [0.15, 0.2) is 46.9 Å². The highest BCUT2D eigenvalue weighted by molar-refractivity contribution is 9.10. The molecular formula is C16H13BrNO4-. The van der Waals surface area contributed by atoms with Crippen LogP contribution in [0.4, 0.5) is 5.69 Å². The van der Waals surface area contributed by atoms with E-state index in [9.17, 15) is 14.7 Å². The minimum atomic E-state index is -1.28. The molecule has 1 N–H and O–H groups in total. The summed E-state index contributed by atoms with van der Waals surface area (Å²) < 4.78 is 6.27. The fourth-order valence-electron chi connectivity index (χ4n) is 1.86. The number of carboxylic acid groups (broad SMARTS) is 1. The van der Waals surface area contributed by atoms with Crippen LogP contribution in [0.5, 0.6) is 5.75 Å². The Labute approximate surface area is 136 Å². The number of amides is 1.